The van der Waals surface area contributed by atoms with E-state index in [-0.39, 0.29) is 0 Å². The van der Waals surface area contributed by atoms with Crippen molar-refractivity contribution >= 4 is 33.3 Å². The van der Waals surface area contributed by atoms with Crippen molar-refractivity contribution in [3.05, 3.63) is 47.8 Å². The van der Waals surface area contributed by atoms with E-state index in [2.05, 4.69) is 46.5 Å². The summed E-state index contributed by atoms with van der Waals surface area (Å²) in [6.07, 6.45) is 3.84. The average Bonchev–Trinajstić information content (AvgIpc) is 2.79. The maximum Gasteiger partial charge on any atom is 0.178 e. The lowest BCUT2D eigenvalue weighted by Gasteiger charge is -2.04. The van der Waals surface area contributed by atoms with Gasteiger partial charge in [-0.1, -0.05) is 0 Å². The van der Waals surface area contributed by atoms with Crippen molar-refractivity contribution in [3.63, 3.8) is 0 Å². The predicted octanol–water partition coefficient (Wildman–Crippen LogP) is 3.23. The SMILES string of the molecule is Cc1cc2cn3c4cccnc4nc(N)c3c2cc1C. The standard InChI is InChI=1S/C16H14N4/c1-9-6-11-8-20-13-4-3-5-18-16(13)19-15(17)14(20)12(11)7-10(9)2/h3-8H,1-2H3,(H2,17,18,19). The summed E-state index contributed by atoms with van der Waals surface area (Å²) in [6.45, 7) is 4.24. The maximum absolute atomic E-state index is 6.15. The van der Waals surface area contributed by atoms with Gasteiger partial charge in [-0.15, -0.1) is 0 Å². The zero-order valence-corrected chi connectivity index (χ0v) is 11.4. The molecular weight excluding hydrogens is 248 g/mol. The van der Waals surface area contributed by atoms with Crippen LogP contribution in [-0.4, -0.2) is 14.4 Å². The Morgan fingerprint density at radius 3 is 2.80 bits per heavy atom. The van der Waals surface area contributed by atoms with Crippen LogP contribution in [0.25, 0.3) is 27.5 Å². The van der Waals surface area contributed by atoms with Crippen LogP contribution in [0.15, 0.2) is 36.7 Å². The molecule has 0 fully saturated rings. The van der Waals surface area contributed by atoms with Crippen LogP contribution < -0.4 is 5.73 Å². The van der Waals surface area contributed by atoms with Crippen molar-refractivity contribution < 1.29 is 0 Å². The number of anilines is 1. The molecule has 0 atom stereocenters. The van der Waals surface area contributed by atoms with Gasteiger partial charge < -0.3 is 10.1 Å². The Hall–Kier alpha value is -2.62. The molecule has 1 aromatic carbocycles. The molecule has 0 aliphatic carbocycles. The van der Waals surface area contributed by atoms with Crippen molar-refractivity contribution in [2.45, 2.75) is 13.8 Å². The highest BCUT2D eigenvalue weighted by molar-refractivity contribution is 6.04. The summed E-state index contributed by atoms with van der Waals surface area (Å²) in [5.74, 6) is 0.523. The van der Waals surface area contributed by atoms with E-state index in [0.717, 1.165) is 16.4 Å². The number of pyridine rings is 1. The van der Waals surface area contributed by atoms with Gasteiger partial charge in [0, 0.05) is 23.2 Å². The minimum absolute atomic E-state index is 0.523. The van der Waals surface area contributed by atoms with Crippen LogP contribution >= 0.6 is 0 Å². The van der Waals surface area contributed by atoms with Crippen LogP contribution in [0.1, 0.15) is 11.1 Å². The van der Waals surface area contributed by atoms with Crippen molar-refractivity contribution in [1.82, 2.24) is 14.4 Å². The number of aryl methyl sites for hydroxylation is 2. The third kappa shape index (κ3) is 1.36. The molecule has 0 saturated heterocycles. The van der Waals surface area contributed by atoms with E-state index in [9.17, 15) is 0 Å². The summed E-state index contributed by atoms with van der Waals surface area (Å²) >= 11 is 0. The number of benzene rings is 1. The summed E-state index contributed by atoms with van der Waals surface area (Å²) in [6, 6.07) is 8.31. The third-order valence-corrected chi connectivity index (χ3v) is 3.92. The topological polar surface area (TPSA) is 56.2 Å². The molecule has 0 unspecified atom stereocenters. The molecule has 0 radical (unpaired) electrons. The summed E-state index contributed by atoms with van der Waals surface area (Å²) in [5.41, 5.74) is 11.3. The second kappa shape index (κ2) is 3.70. The number of nitrogens with two attached hydrogens (primary N) is 1. The van der Waals surface area contributed by atoms with E-state index in [4.69, 9.17) is 5.73 Å². The molecule has 4 nitrogen and oxygen atoms in total. The molecule has 2 N–H and O–H groups in total. The van der Waals surface area contributed by atoms with Gasteiger partial charge in [-0.05, 0) is 49.2 Å². The molecule has 0 aliphatic rings. The Balaban J connectivity index is 2.32. The lowest BCUT2D eigenvalue weighted by Crippen LogP contribution is -1.98. The first-order valence-electron chi connectivity index (χ1n) is 6.57. The van der Waals surface area contributed by atoms with Gasteiger partial charge in [-0.2, -0.15) is 0 Å². The largest absolute Gasteiger partial charge is 0.382 e. The van der Waals surface area contributed by atoms with Gasteiger partial charge in [0.05, 0.1) is 11.0 Å². The van der Waals surface area contributed by atoms with Crippen molar-refractivity contribution in [3.8, 4) is 0 Å². The van der Waals surface area contributed by atoms with Gasteiger partial charge in [0.25, 0.3) is 0 Å². The average molecular weight is 262 g/mol. The van der Waals surface area contributed by atoms with E-state index in [0.29, 0.717) is 11.5 Å². The van der Waals surface area contributed by atoms with Crippen molar-refractivity contribution in [2.75, 3.05) is 5.73 Å². The molecule has 4 aromatic rings. The Labute approximate surface area is 115 Å². The lowest BCUT2D eigenvalue weighted by atomic mass is 10.1. The summed E-state index contributed by atoms with van der Waals surface area (Å²) in [4.78, 5) is 8.71. The van der Waals surface area contributed by atoms with Crippen LogP contribution in [0.3, 0.4) is 0 Å². The molecule has 98 valence electrons. The fourth-order valence-corrected chi connectivity index (χ4v) is 2.76. The van der Waals surface area contributed by atoms with Gasteiger partial charge in [-0.3, -0.25) is 0 Å². The first-order valence-corrected chi connectivity index (χ1v) is 6.57. The number of hydrogen-bond acceptors (Lipinski definition) is 3. The Bertz CT molecular complexity index is 982. The maximum atomic E-state index is 6.15. The number of nitrogens with zero attached hydrogens (tertiary/aromatic N) is 3. The fraction of sp³-hybridized carbons (Fsp3) is 0.125. The monoisotopic (exact) mass is 262 g/mol. The smallest absolute Gasteiger partial charge is 0.178 e. The van der Waals surface area contributed by atoms with Crippen LogP contribution in [-0.2, 0) is 0 Å². The molecule has 3 heterocycles. The number of nitrogen functional groups attached to an aromatic ring is 1. The molecule has 20 heavy (non-hydrogen) atoms. The van der Waals surface area contributed by atoms with Crippen LogP contribution in [0.2, 0.25) is 0 Å². The lowest BCUT2D eigenvalue weighted by molar-refractivity contribution is 1.20. The molecule has 3 aromatic heterocycles. The Morgan fingerprint density at radius 1 is 1.15 bits per heavy atom. The van der Waals surface area contributed by atoms with Crippen molar-refractivity contribution in [1.29, 1.82) is 0 Å². The van der Waals surface area contributed by atoms with Gasteiger partial charge in [0.1, 0.15) is 0 Å². The minimum atomic E-state index is 0.523. The second-order valence-electron chi connectivity index (χ2n) is 5.21. The summed E-state index contributed by atoms with van der Waals surface area (Å²) in [7, 11) is 0. The molecule has 0 saturated carbocycles. The minimum Gasteiger partial charge on any atom is -0.382 e. The van der Waals surface area contributed by atoms with Crippen LogP contribution in [0, 0.1) is 13.8 Å². The molecule has 0 aliphatic heterocycles. The highest BCUT2D eigenvalue weighted by atomic mass is 15.0. The molecule has 0 bridgehead atoms. The first kappa shape index (κ1) is 11.2. The Morgan fingerprint density at radius 2 is 1.95 bits per heavy atom. The van der Waals surface area contributed by atoms with Gasteiger partial charge >= 0.3 is 0 Å². The van der Waals surface area contributed by atoms with Gasteiger partial charge in [0.15, 0.2) is 11.5 Å². The number of aromatic nitrogens is 3. The molecule has 4 heteroatoms. The van der Waals surface area contributed by atoms with E-state index < -0.39 is 0 Å². The quantitative estimate of drug-likeness (QED) is 0.529. The molecule has 0 spiro atoms. The highest BCUT2D eigenvalue weighted by Crippen LogP contribution is 2.30. The third-order valence-electron chi connectivity index (χ3n) is 3.92. The van der Waals surface area contributed by atoms with E-state index in [1.807, 2.05) is 12.1 Å². The first-order chi connectivity index (χ1) is 9.65. The number of hydrogen-bond donors (Lipinski definition) is 1. The zero-order valence-electron chi connectivity index (χ0n) is 11.4. The molecule has 0 amide bonds. The van der Waals surface area contributed by atoms with Crippen LogP contribution in [0.4, 0.5) is 5.82 Å². The van der Waals surface area contributed by atoms with E-state index in [1.165, 1.54) is 16.5 Å². The van der Waals surface area contributed by atoms with Crippen LogP contribution in [0.5, 0.6) is 0 Å². The summed E-state index contributed by atoms with van der Waals surface area (Å²) in [5, 5.41) is 2.32. The number of fused-ring (bicyclic) bond motifs is 5. The fourth-order valence-electron chi connectivity index (χ4n) is 2.76. The highest BCUT2D eigenvalue weighted by Gasteiger charge is 2.12. The Kier molecular flexibility index (Phi) is 2.07. The van der Waals surface area contributed by atoms with E-state index in [1.54, 1.807) is 6.20 Å². The second-order valence-corrected chi connectivity index (χ2v) is 5.21. The molecule has 4 rings (SSSR count). The normalized spacial score (nSPS) is 11.7. The zero-order chi connectivity index (χ0) is 13.9. The van der Waals surface area contributed by atoms with Gasteiger partial charge in [-0.25, -0.2) is 9.97 Å². The van der Waals surface area contributed by atoms with E-state index >= 15 is 0 Å². The predicted molar refractivity (Wildman–Crippen MR) is 81.9 cm³/mol. The summed E-state index contributed by atoms with van der Waals surface area (Å²) < 4.78 is 2.09. The number of rotatable bonds is 0. The molecular formula is C16H14N4. The van der Waals surface area contributed by atoms with Crippen molar-refractivity contribution in [2.24, 2.45) is 0 Å². The van der Waals surface area contributed by atoms with Gasteiger partial charge in [0.2, 0.25) is 0 Å².